The van der Waals surface area contributed by atoms with E-state index in [9.17, 15) is 14.7 Å². The van der Waals surface area contributed by atoms with Crippen LogP contribution in [0.5, 0.6) is 5.75 Å². The van der Waals surface area contributed by atoms with Crippen LogP contribution >= 0.6 is 11.3 Å². The number of phenols is 1. The minimum atomic E-state index is -0.963. The molecule has 0 bridgehead atoms. The molecule has 0 saturated heterocycles. The first-order chi connectivity index (χ1) is 13.3. The number of carbonyl (C=O) groups excluding carboxylic acids is 1. The van der Waals surface area contributed by atoms with Crippen molar-refractivity contribution in [2.75, 3.05) is 10.6 Å². The number of aryl methyl sites for hydroxylation is 1. The second-order valence-electron chi connectivity index (χ2n) is 6.10. The molecule has 28 heavy (non-hydrogen) atoms. The lowest BCUT2D eigenvalue weighted by atomic mass is 10.1. The Morgan fingerprint density at radius 3 is 2.71 bits per heavy atom. The van der Waals surface area contributed by atoms with Gasteiger partial charge in [0, 0.05) is 5.56 Å². The van der Waals surface area contributed by atoms with Crippen LogP contribution in [0.1, 0.15) is 26.5 Å². The van der Waals surface area contributed by atoms with E-state index in [1.54, 1.807) is 37.3 Å². The van der Waals surface area contributed by atoms with Crippen LogP contribution in [-0.2, 0) is 11.2 Å². The molecule has 2 heterocycles. The number of nitrogens with zero attached hydrogens (tertiary/aromatic N) is 2. The van der Waals surface area contributed by atoms with E-state index in [-0.39, 0.29) is 18.1 Å². The van der Waals surface area contributed by atoms with Crippen LogP contribution in [0.3, 0.4) is 0 Å². The fraction of sp³-hybridized carbons (Fsp3) is 0.158. The zero-order valence-electron chi connectivity index (χ0n) is 15.2. The van der Waals surface area contributed by atoms with Gasteiger partial charge in [-0.1, -0.05) is 23.5 Å². The number of anilines is 3. The Balaban J connectivity index is 1.73. The van der Waals surface area contributed by atoms with Crippen LogP contribution < -0.4 is 10.6 Å². The van der Waals surface area contributed by atoms with Gasteiger partial charge in [-0.3, -0.25) is 9.59 Å². The zero-order valence-corrected chi connectivity index (χ0v) is 16.0. The quantitative estimate of drug-likeness (QED) is 0.501. The number of benzene rings is 1. The number of nitrogens with one attached hydrogen (secondary N) is 2. The number of carbonyl (C=O) groups is 2. The predicted octanol–water partition coefficient (Wildman–Crippen LogP) is 3.48. The molecular weight excluding hydrogens is 380 g/mol. The molecule has 3 rings (SSSR count). The topological polar surface area (TPSA) is 124 Å². The van der Waals surface area contributed by atoms with Gasteiger partial charge < -0.3 is 20.8 Å². The average molecular weight is 398 g/mol. The van der Waals surface area contributed by atoms with E-state index in [2.05, 4.69) is 20.6 Å². The molecule has 8 nitrogen and oxygen atoms in total. The van der Waals surface area contributed by atoms with E-state index in [1.165, 1.54) is 6.20 Å². The highest BCUT2D eigenvalue weighted by molar-refractivity contribution is 7.17. The first-order valence-electron chi connectivity index (χ1n) is 8.34. The minimum absolute atomic E-state index is 0.111. The Labute approximate surface area is 164 Å². The van der Waals surface area contributed by atoms with Crippen LogP contribution in [0.2, 0.25) is 0 Å². The first-order valence-corrected chi connectivity index (χ1v) is 9.16. The summed E-state index contributed by atoms with van der Waals surface area (Å²) in [6.07, 6.45) is 1.26. The molecule has 3 aromatic rings. The molecule has 0 spiro atoms. The van der Waals surface area contributed by atoms with E-state index in [1.807, 2.05) is 6.92 Å². The van der Waals surface area contributed by atoms with Crippen molar-refractivity contribution in [3.8, 4) is 5.75 Å². The molecule has 0 saturated carbocycles. The highest BCUT2D eigenvalue weighted by Crippen LogP contribution is 2.29. The Morgan fingerprint density at radius 2 is 1.96 bits per heavy atom. The maximum atomic E-state index is 12.5. The number of carboxylic acids is 1. The first kappa shape index (κ1) is 19.3. The van der Waals surface area contributed by atoms with Crippen LogP contribution in [-0.4, -0.2) is 32.1 Å². The van der Waals surface area contributed by atoms with E-state index >= 15 is 0 Å². The van der Waals surface area contributed by atoms with Crippen molar-refractivity contribution in [2.24, 2.45) is 0 Å². The number of hydrogen-bond donors (Lipinski definition) is 4. The smallest absolute Gasteiger partial charge is 0.309 e. The maximum Gasteiger partial charge on any atom is 0.309 e. The number of aliphatic carboxylic acids is 1. The lowest BCUT2D eigenvalue weighted by Crippen LogP contribution is -2.12. The van der Waals surface area contributed by atoms with Crippen molar-refractivity contribution < 1.29 is 19.8 Å². The van der Waals surface area contributed by atoms with Crippen molar-refractivity contribution in [1.29, 1.82) is 0 Å². The molecule has 0 aliphatic carbocycles. The Bertz CT molecular complexity index is 1050. The fourth-order valence-corrected chi connectivity index (χ4v) is 3.27. The van der Waals surface area contributed by atoms with Gasteiger partial charge in [-0.05, 0) is 37.6 Å². The van der Waals surface area contributed by atoms with Gasteiger partial charge in [0.25, 0.3) is 5.91 Å². The number of thiazole rings is 1. The van der Waals surface area contributed by atoms with Crippen molar-refractivity contribution in [3.63, 3.8) is 0 Å². The second kappa shape index (κ2) is 8.05. The van der Waals surface area contributed by atoms with E-state index in [4.69, 9.17) is 5.11 Å². The Kier molecular flexibility index (Phi) is 5.55. The van der Waals surface area contributed by atoms with Gasteiger partial charge in [0.05, 0.1) is 24.0 Å². The third-order valence-corrected chi connectivity index (χ3v) is 4.90. The molecule has 0 aliphatic rings. The van der Waals surface area contributed by atoms with Crippen LogP contribution in [0.4, 0.5) is 16.6 Å². The summed E-state index contributed by atoms with van der Waals surface area (Å²) in [6, 6.07) is 8.32. The third kappa shape index (κ3) is 4.44. The number of phenolic OH excluding ortho intramolecular Hbond substituents is 1. The van der Waals surface area contributed by atoms with Gasteiger partial charge in [0.1, 0.15) is 16.4 Å². The number of rotatable bonds is 6. The molecule has 0 fully saturated rings. The largest absolute Gasteiger partial charge is 0.508 e. The van der Waals surface area contributed by atoms with Gasteiger partial charge in [-0.25, -0.2) is 9.97 Å². The minimum Gasteiger partial charge on any atom is -0.508 e. The number of pyridine rings is 1. The standard InChI is InChI=1S/C19H18N4O4S/c1-10-6-7-13(24)11(2)17(10)23-18(27)14-9-20-19(28-14)22-15-5-3-4-12(21-15)8-16(25)26/h3-7,9,24H,8H2,1-2H3,(H,23,27)(H,25,26)(H,20,21,22). The average Bonchev–Trinajstić information content (AvgIpc) is 3.10. The molecule has 0 unspecified atom stereocenters. The molecule has 1 aromatic carbocycles. The van der Waals surface area contributed by atoms with Crippen molar-refractivity contribution in [3.05, 3.63) is 58.2 Å². The van der Waals surface area contributed by atoms with Gasteiger partial charge in [-0.15, -0.1) is 0 Å². The van der Waals surface area contributed by atoms with Crippen molar-refractivity contribution in [2.45, 2.75) is 20.3 Å². The summed E-state index contributed by atoms with van der Waals surface area (Å²) in [7, 11) is 0. The monoisotopic (exact) mass is 398 g/mol. The van der Waals surface area contributed by atoms with Gasteiger partial charge in [-0.2, -0.15) is 0 Å². The molecule has 9 heteroatoms. The lowest BCUT2D eigenvalue weighted by Gasteiger charge is -2.11. The summed E-state index contributed by atoms with van der Waals surface area (Å²) in [4.78, 5) is 32.1. The SMILES string of the molecule is Cc1ccc(O)c(C)c1NC(=O)c1cnc(Nc2cccc(CC(=O)O)n2)s1. The van der Waals surface area contributed by atoms with Gasteiger partial charge in [0.2, 0.25) is 0 Å². The van der Waals surface area contributed by atoms with Crippen LogP contribution in [0.25, 0.3) is 0 Å². The fourth-order valence-electron chi connectivity index (χ4n) is 2.55. The molecule has 144 valence electrons. The summed E-state index contributed by atoms with van der Waals surface area (Å²) in [6.45, 7) is 3.57. The molecule has 0 atom stereocenters. The van der Waals surface area contributed by atoms with E-state index in [0.29, 0.717) is 32.8 Å². The number of hydrogen-bond acceptors (Lipinski definition) is 7. The summed E-state index contributed by atoms with van der Waals surface area (Å²) in [5.74, 6) is -0.745. The summed E-state index contributed by atoms with van der Waals surface area (Å²) in [5.41, 5.74) is 2.42. The molecule has 4 N–H and O–H groups in total. The number of aromatic nitrogens is 2. The number of amides is 1. The normalized spacial score (nSPS) is 10.5. The summed E-state index contributed by atoms with van der Waals surface area (Å²) >= 11 is 1.14. The highest BCUT2D eigenvalue weighted by atomic mass is 32.1. The second-order valence-corrected chi connectivity index (χ2v) is 7.13. The third-order valence-electron chi connectivity index (χ3n) is 3.99. The van der Waals surface area contributed by atoms with Gasteiger partial charge in [0.15, 0.2) is 5.13 Å². The van der Waals surface area contributed by atoms with Crippen molar-refractivity contribution >= 4 is 39.9 Å². The Hall–Kier alpha value is -3.46. The van der Waals surface area contributed by atoms with Crippen LogP contribution in [0, 0.1) is 13.8 Å². The summed E-state index contributed by atoms with van der Waals surface area (Å²) < 4.78 is 0. The van der Waals surface area contributed by atoms with E-state index < -0.39 is 5.97 Å². The van der Waals surface area contributed by atoms with Gasteiger partial charge >= 0.3 is 5.97 Å². The molecule has 0 aliphatic heterocycles. The number of aromatic hydroxyl groups is 1. The Morgan fingerprint density at radius 1 is 1.18 bits per heavy atom. The zero-order chi connectivity index (χ0) is 20.3. The highest BCUT2D eigenvalue weighted by Gasteiger charge is 2.15. The molecular formula is C19H18N4O4S. The number of carboxylic acid groups (broad SMARTS) is 1. The molecule has 1 amide bonds. The summed E-state index contributed by atoms with van der Waals surface area (Å²) in [5, 5.41) is 24.9. The maximum absolute atomic E-state index is 12.5. The van der Waals surface area contributed by atoms with E-state index in [0.717, 1.165) is 16.9 Å². The molecule has 2 aromatic heterocycles. The predicted molar refractivity (Wildman–Crippen MR) is 107 cm³/mol. The molecule has 0 radical (unpaired) electrons. The van der Waals surface area contributed by atoms with Crippen LogP contribution in [0.15, 0.2) is 36.5 Å². The lowest BCUT2D eigenvalue weighted by molar-refractivity contribution is -0.136. The van der Waals surface area contributed by atoms with Crippen molar-refractivity contribution in [1.82, 2.24) is 9.97 Å².